The Morgan fingerprint density at radius 2 is 2.25 bits per heavy atom. The number of aromatic nitrogens is 2. The molecule has 0 spiro atoms. The van der Waals surface area contributed by atoms with Gasteiger partial charge in [-0.05, 0) is 12.8 Å². The van der Waals surface area contributed by atoms with Crippen LogP contribution in [-0.4, -0.2) is 38.5 Å². The van der Waals surface area contributed by atoms with E-state index in [0.717, 1.165) is 25.0 Å². The summed E-state index contributed by atoms with van der Waals surface area (Å²) in [4.78, 5) is 28.6. The molecule has 6 nitrogen and oxygen atoms in total. The number of thioether (sulfide) groups is 1. The number of aliphatic hydroxyl groups is 1. The Labute approximate surface area is 120 Å². The first kappa shape index (κ1) is 13.6. The number of amides is 1. The van der Waals surface area contributed by atoms with Crippen molar-refractivity contribution in [2.45, 2.75) is 49.5 Å². The molecule has 1 aliphatic heterocycles. The summed E-state index contributed by atoms with van der Waals surface area (Å²) < 4.78 is 1.54. The highest BCUT2D eigenvalue weighted by Crippen LogP contribution is 2.21. The molecule has 20 heavy (non-hydrogen) atoms. The maximum atomic E-state index is 12.2. The fourth-order valence-electron chi connectivity index (χ4n) is 2.70. The van der Waals surface area contributed by atoms with Gasteiger partial charge in [0.1, 0.15) is 5.56 Å². The van der Waals surface area contributed by atoms with Gasteiger partial charge in [-0.2, -0.15) is 0 Å². The van der Waals surface area contributed by atoms with Crippen LogP contribution in [0.2, 0.25) is 0 Å². The lowest BCUT2D eigenvalue weighted by Crippen LogP contribution is -2.46. The summed E-state index contributed by atoms with van der Waals surface area (Å²) in [5.41, 5.74) is -0.225. The quantitative estimate of drug-likeness (QED) is 0.771. The van der Waals surface area contributed by atoms with Crippen molar-refractivity contribution < 1.29 is 9.90 Å². The normalized spacial score (nSPS) is 25.2. The lowest BCUT2D eigenvalue weighted by molar-refractivity contribution is 0.0715. The van der Waals surface area contributed by atoms with Crippen molar-refractivity contribution >= 4 is 17.7 Å². The van der Waals surface area contributed by atoms with Crippen LogP contribution < -0.4 is 10.9 Å². The molecular weight excluding hydrogens is 278 g/mol. The van der Waals surface area contributed by atoms with Gasteiger partial charge >= 0.3 is 0 Å². The molecule has 108 valence electrons. The van der Waals surface area contributed by atoms with Gasteiger partial charge in [0.25, 0.3) is 11.5 Å². The van der Waals surface area contributed by atoms with Gasteiger partial charge in [0, 0.05) is 18.5 Å². The summed E-state index contributed by atoms with van der Waals surface area (Å²) in [6.07, 6.45) is 4.24. The van der Waals surface area contributed by atoms with Crippen molar-refractivity contribution in [2.24, 2.45) is 0 Å². The summed E-state index contributed by atoms with van der Waals surface area (Å²) in [7, 11) is 0. The summed E-state index contributed by atoms with van der Waals surface area (Å²) >= 11 is 1.52. The second-order valence-electron chi connectivity index (χ2n) is 5.19. The number of nitrogens with zero attached hydrogens (tertiary/aromatic N) is 2. The smallest absolute Gasteiger partial charge is 0.267 e. The summed E-state index contributed by atoms with van der Waals surface area (Å²) in [5, 5.41) is 13.3. The average Bonchev–Trinajstić information content (AvgIpc) is 2.91. The van der Waals surface area contributed by atoms with Gasteiger partial charge in [-0.1, -0.05) is 24.6 Å². The van der Waals surface area contributed by atoms with Crippen molar-refractivity contribution in [1.29, 1.82) is 0 Å². The summed E-state index contributed by atoms with van der Waals surface area (Å²) in [6, 6.07) is -0.261. The van der Waals surface area contributed by atoms with E-state index in [0.29, 0.717) is 18.1 Å². The second-order valence-corrected chi connectivity index (χ2v) is 6.25. The van der Waals surface area contributed by atoms with E-state index in [1.54, 1.807) is 0 Å². The van der Waals surface area contributed by atoms with Crippen LogP contribution in [-0.2, 0) is 6.54 Å². The minimum Gasteiger partial charge on any atom is -0.391 e. The number of fused-ring (bicyclic) bond motifs is 1. The van der Waals surface area contributed by atoms with E-state index in [9.17, 15) is 14.7 Å². The Hall–Kier alpha value is -1.34. The van der Waals surface area contributed by atoms with Gasteiger partial charge in [0.2, 0.25) is 0 Å². The molecule has 1 aliphatic carbocycles. The van der Waals surface area contributed by atoms with Crippen LogP contribution in [0.4, 0.5) is 0 Å². The zero-order valence-electron chi connectivity index (χ0n) is 11.0. The number of rotatable bonds is 2. The van der Waals surface area contributed by atoms with E-state index in [2.05, 4.69) is 10.3 Å². The van der Waals surface area contributed by atoms with E-state index < -0.39 is 12.0 Å². The van der Waals surface area contributed by atoms with Gasteiger partial charge in [-0.15, -0.1) is 0 Å². The number of carbonyl (C=O) groups excluding carboxylic acids is 1. The molecule has 2 N–H and O–H groups in total. The Balaban J connectivity index is 1.79. The zero-order chi connectivity index (χ0) is 14.1. The molecule has 1 amide bonds. The third-order valence-electron chi connectivity index (χ3n) is 3.85. The molecule has 2 aliphatic rings. The van der Waals surface area contributed by atoms with Crippen LogP contribution in [0, 0.1) is 0 Å². The molecule has 1 saturated carbocycles. The lowest BCUT2D eigenvalue weighted by atomic mass is 9.92. The fourth-order valence-corrected chi connectivity index (χ4v) is 3.61. The number of aliphatic hydroxyl groups excluding tert-OH is 1. The topological polar surface area (TPSA) is 84.2 Å². The van der Waals surface area contributed by atoms with E-state index in [1.165, 1.54) is 22.5 Å². The number of hydrogen-bond acceptors (Lipinski definition) is 5. The molecule has 7 heteroatoms. The van der Waals surface area contributed by atoms with Gasteiger partial charge < -0.3 is 10.4 Å². The van der Waals surface area contributed by atoms with Gasteiger partial charge in [0.05, 0.1) is 12.1 Å². The fraction of sp³-hybridized carbons (Fsp3) is 0.615. The number of hydrogen-bond donors (Lipinski definition) is 2. The highest BCUT2D eigenvalue weighted by atomic mass is 32.2. The number of nitrogens with one attached hydrogen (secondary N) is 1. The molecule has 0 unspecified atom stereocenters. The minimum atomic E-state index is -0.520. The molecule has 1 aromatic rings. The molecule has 1 aromatic heterocycles. The van der Waals surface area contributed by atoms with E-state index in [4.69, 9.17) is 0 Å². The maximum absolute atomic E-state index is 12.2. The third-order valence-corrected chi connectivity index (χ3v) is 4.82. The van der Waals surface area contributed by atoms with Gasteiger partial charge in [-0.3, -0.25) is 14.2 Å². The van der Waals surface area contributed by atoms with Crippen molar-refractivity contribution in [3.8, 4) is 0 Å². The van der Waals surface area contributed by atoms with Crippen LogP contribution in [0.25, 0.3) is 0 Å². The Kier molecular flexibility index (Phi) is 3.80. The molecule has 0 aromatic carbocycles. The Bertz CT molecular complexity index is 587. The van der Waals surface area contributed by atoms with Crippen molar-refractivity contribution in [2.75, 3.05) is 5.75 Å². The molecule has 2 atom stereocenters. The SMILES string of the molecule is O=C(N[C@H]1CCCC[C@@H]1O)c1cnc2n(c1=O)CCS2. The Morgan fingerprint density at radius 3 is 3.05 bits per heavy atom. The van der Waals surface area contributed by atoms with Gasteiger partial charge in [0.15, 0.2) is 5.16 Å². The van der Waals surface area contributed by atoms with Crippen molar-refractivity contribution in [3.05, 3.63) is 22.1 Å². The molecule has 1 fully saturated rings. The third kappa shape index (κ3) is 2.47. The van der Waals surface area contributed by atoms with Gasteiger partial charge in [-0.25, -0.2) is 4.98 Å². The average molecular weight is 295 g/mol. The highest BCUT2D eigenvalue weighted by Gasteiger charge is 2.27. The molecule has 0 saturated heterocycles. The molecule has 0 radical (unpaired) electrons. The van der Waals surface area contributed by atoms with E-state index >= 15 is 0 Å². The maximum Gasteiger partial charge on any atom is 0.267 e. The first-order valence-electron chi connectivity index (χ1n) is 6.88. The standard InChI is InChI=1S/C13H17N3O3S/c17-10-4-2-1-3-9(10)15-11(18)8-7-14-13-16(12(8)19)5-6-20-13/h7,9-10,17H,1-6H2,(H,15,18)/t9-,10-/m0/s1. The monoisotopic (exact) mass is 295 g/mol. The van der Waals surface area contributed by atoms with E-state index in [1.807, 2.05) is 0 Å². The number of carbonyl (C=O) groups is 1. The van der Waals surface area contributed by atoms with Crippen molar-refractivity contribution in [1.82, 2.24) is 14.9 Å². The summed E-state index contributed by atoms with van der Waals surface area (Å²) in [6.45, 7) is 0.596. The molecular formula is C13H17N3O3S. The molecule has 3 rings (SSSR count). The first-order chi connectivity index (χ1) is 9.66. The largest absolute Gasteiger partial charge is 0.391 e. The van der Waals surface area contributed by atoms with Crippen LogP contribution in [0.15, 0.2) is 16.1 Å². The van der Waals surface area contributed by atoms with Crippen LogP contribution in [0.1, 0.15) is 36.0 Å². The molecule has 0 bridgehead atoms. The highest BCUT2D eigenvalue weighted by molar-refractivity contribution is 7.99. The first-order valence-corrected chi connectivity index (χ1v) is 7.87. The van der Waals surface area contributed by atoms with E-state index in [-0.39, 0.29) is 17.2 Å². The Morgan fingerprint density at radius 1 is 1.45 bits per heavy atom. The van der Waals surface area contributed by atoms with Crippen molar-refractivity contribution in [3.63, 3.8) is 0 Å². The van der Waals surface area contributed by atoms with Crippen LogP contribution in [0.3, 0.4) is 0 Å². The summed E-state index contributed by atoms with van der Waals surface area (Å²) in [5.74, 6) is 0.384. The lowest BCUT2D eigenvalue weighted by Gasteiger charge is -2.28. The second kappa shape index (κ2) is 5.57. The minimum absolute atomic E-state index is 0.0639. The molecule has 2 heterocycles. The predicted molar refractivity (Wildman–Crippen MR) is 75.0 cm³/mol. The van der Waals surface area contributed by atoms with Crippen LogP contribution >= 0.6 is 11.8 Å². The predicted octanol–water partition coefficient (Wildman–Crippen LogP) is 0.382. The zero-order valence-corrected chi connectivity index (χ0v) is 11.9. The van der Waals surface area contributed by atoms with Crippen LogP contribution in [0.5, 0.6) is 0 Å².